The van der Waals surface area contributed by atoms with Gasteiger partial charge in [0.05, 0.1) is 16.3 Å². The molecule has 1 saturated heterocycles. The number of thioether (sulfide) groups is 1. The maximum atomic E-state index is 12.8. The van der Waals surface area contributed by atoms with Gasteiger partial charge in [0.2, 0.25) is 15.9 Å². The number of hydrogen-bond donors (Lipinski definition) is 1. The summed E-state index contributed by atoms with van der Waals surface area (Å²) in [4.78, 5) is 13.1. The first-order valence-electron chi connectivity index (χ1n) is 9.41. The zero-order valence-corrected chi connectivity index (χ0v) is 18.6. The molecule has 2 aromatic rings. The van der Waals surface area contributed by atoms with E-state index >= 15 is 0 Å². The molecular formula is C20H20ClF3N2O3S2. The highest BCUT2D eigenvalue weighted by molar-refractivity contribution is 7.99. The molecule has 0 spiro atoms. The Bertz CT molecular complexity index is 1020. The lowest BCUT2D eigenvalue weighted by molar-refractivity contribution is -0.121. The molecule has 0 unspecified atom stereocenters. The average molecular weight is 493 g/mol. The van der Waals surface area contributed by atoms with Crippen LogP contribution in [0.1, 0.15) is 12.8 Å². The van der Waals surface area contributed by atoms with Crippen LogP contribution in [-0.2, 0) is 14.8 Å². The van der Waals surface area contributed by atoms with E-state index in [0.29, 0.717) is 40.2 Å². The first-order chi connectivity index (χ1) is 14.6. The number of carbonyl (C=O) groups excluding carboxylic acids is 1. The van der Waals surface area contributed by atoms with Gasteiger partial charge in [0.15, 0.2) is 0 Å². The molecule has 168 valence electrons. The quantitative estimate of drug-likeness (QED) is 0.574. The molecule has 1 aliphatic rings. The highest BCUT2D eigenvalue weighted by Crippen LogP contribution is 2.33. The van der Waals surface area contributed by atoms with Gasteiger partial charge in [-0.1, -0.05) is 23.7 Å². The molecule has 1 heterocycles. The molecule has 1 amide bonds. The minimum Gasteiger partial charge on any atom is -0.325 e. The standard InChI is InChI=1S/C20H20ClF3N2O3S2/c21-15-5-7-16(8-6-15)31(28,29)26-11-9-14(10-12-26)19(27)25-17-3-1-2-4-18(17)30-13-20(22,23)24/h1-8,14H,9-13H2,(H,25,27). The Morgan fingerprint density at radius 2 is 1.71 bits per heavy atom. The normalized spacial score (nSPS) is 16.3. The van der Waals surface area contributed by atoms with Crippen molar-refractivity contribution in [3.05, 3.63) is 53.6 Å². The van der Waals surface area contributed by atoms with E-state index in [1.165, 1.54) is 34.6 Å². The predicted molar refractivity (Wildman–Crippen MR) is 115 cm³/mol. The van der Waals surface area contributed by atoms with E-state index in [1.54, 1.807) is 18.2 Å². The summed E-state index contributed by atoms with van der Waals surface area (Å²) in [7, 11) is -3.68. The van der Waals surface area contributed by atoms with E-state index < -0.39 is 27.9 Å². The fourth-order valence-electron chi connectivity index (χ4n) is 3.20. The molecular weight excluding hydrogens is 473 g/mol. The van der Waals surface area contributed by atoms with Gasteiger partial charge < -0.3 is 5.32 Å². The SMILES string of the molecule is O=C(Nc1ccccc1SCC(F)(F)F)C1CCN(S(=O)(=O)c2ccc(Cl)cc2)CC1. The van der Waals surface area contributed by atoms with Crippen LogP contribution >= 0.6 is 23.4 Å². The fourth-order valence-corrected chi connectivity index (χ4v) is 5.57. The molecule has 0 aliphatic carbocycles. The van der Waals surface area contributed by atoms with E-state index in [9.17, 15) is 26.4 Å². The van der Waals surface area contributed by atoms with Crippen molar-refractivity contribution in [2.24, 2.45) is 5.92 Å². The molecule has 0 atom stereocenters. The van der Waals surface area contributed by atoms with E-state index in [2.05, 4.69) is 5.32 Å². The zero-order chi connectivity index (χ0) is 22.6. The van der Waals surface area contributed by atoms with Crippen LogP contribution in [0.2, 0.25) is 5.02 Å². The number of alkyl halides is 3. The number of anilines is 1. The maximum Gasteiger partial charge on any atom is 0.398 e. The van der Waals surface area contributed by atoms with Crippen LogP contribution in [0.15, 0.2) is 58.3 Å². The van der Waals surface area contributed by atoms with Gasteiger partial charge in [-0.3, -0.25) is 4.79 Å². The topological polar surface area (TPSA) is 66.5 Å². The number of rotatable bonds is 6. The number of nitrogens with zero attached hydrogens (tertiary/aromatic N) is 1. The van der Waals surface area contributed by atoms with Crippen LogP contribution in [0.3, 0.4) is 0 Å². The number of nitrogens with one attached hydrogen (secondary N) is 1. The van der Waals surface area contributed by atoms with Gasteiger partial charge in [0.1, 0.15) is 0 Å². The fraction of sp³-hybridized carbons (Fsp3) is 0.350. The first-order valence-corrected chi connectivity index (χ1v) is 12.2. The summed E-state index contributed by atoms with van der Waals surface area (Å²) in [5.41, 5.74) is 0.318. The number of halogens is 4. The van der Waals surface area contributed by atoms with Crippen molar-refractivity contribution in [2.75, 3.05) is 24.2 Å². The van der Waals surface area contributed by atoms with Crippen molar-refractivity contribution in [2.45, 2.75) is 28.8 Å². The lowest BCUT2D eigenvalue weighted by atomic mass is 9.97. The van der Waals surface area contributed by atoms with Gasteiger partial charge in [-0.2, -0.15) is 17.5 Å². The third kappa shape index (κ3) is 6.38. The minimum atomic E-state index is -4.32. The lowest BCUT2D eigenvalue weighted by Crippen LogP contribution is -2.41. The third-order valence-corrected chi connectivity index (χ3v) is 8.12. The second kappa shape index (κ2) is 9.81. The Morgan fingerprint density at radius 1 is 1.10 bits per heavy atom. The van der Waals surface area contributed by atoms with Crippen molar-refractivity contribution in [1.29, 1.82) is 0 Å². The number of benzene rings is 2. The third-order valence-electron chi connectivity index (χ3n) is 4.81. The molecule has 0 radical (unpaired) electrons. The van der Waals surface area contributed by atoms with Crippen molar-refractivity contribution in [3.63, 3.8) is 0 Å². The summed E-state index contributed by atoms with van der Waals surface area (Å²) in [5.74, 6) is -1.82. The Morgan fingerprint density at radius 3 is 2.32 bits per heavy atom. The van der Waals surface area contributed by atoms with Crippen molar-refractivity contribution >= 4 is 45.0 Å². The van der Waals surface area contributed by atoms with Gasteiger partial charge >= 0.3 is 6.18 Å². The van der Waals surface area contributed by atoms with Gasteiger partial charge in [-0.05, 0) is 49.2 Å². The molecule has 0 saturated carbocycles. The Labute approximate surface area is 188 Å². The predicted octanol–water partition coefficient (Wildman–Crippen LogP) is 5.03. The van der Waals surface area contributed by atoms with Crippen LogP contribution in [0.4, 0.5) is 18.9 Å². The minimum absolute atomic E-state index is 0.135. The Hall–Kier alpha value is -1.75. The molecule has 0 aromatic heterocycles. The lowest BCUT2D eigenvalue weighted by Gasteiger charge is -2.30. The maximum absolute atomic E-state index is 12.8. The molecule has 3 rings (SSSR count). The number of amides is 1. The summed E-state index contributed by atoms with van der Waals surface area (Å²) in [5, 5.41) is 3.13. The number of hydrogen-bond acceptors (Lipinski definition) is 4. The van der Waals surface area contributed by atoms with Gasteiger partial charge in [0.25, 0.3) is 0 Å². The number of sulfonamides is 1. The van der Waals surface area contributed by atoms with Gasteiger partial charge in [0, 0.05) is 28.9 Å². The molecule has 1 fully saturated rings. The highest BCUT2D eigenvalue weighted by atomic mass is 35.5. The molecule has 2 aromatic carbocycles. The van der Waals surface area contributed by atoms with Crippen molar-refractivity contribution in [3.8, 4) is 0 Å². The Kier molecular flexibility index (Phi) is 7.56. The molecule has 31 heavy (non-hydrogen) atoms. The second-order valence-electron chi connectivity index (χ2n) is 7.02. The summed E-state index contributed by atoms with van der Waals surface area (Å²) >= 11 is 6.42. The number of piperidine rings is 1. The zero-order valence-electron chi connectivity index (χ0n) is 16.2. The molecule has 1 aliphatic heterocycles. The van der Waals surface area contributed by atoms with Crippen molar-refractivity contribution in [1.82, 2.24) is 4.31 Å². The summed E-state index contributed by atoms with van der Waals surface area (Å²) in [6, 6.07) is 12.2. The average Bonchev–Trinajstić information content (AvgIpc) is 2.73. The summed E-state index contributed by atoms with van der Waals surface area (Å²) in [6.45, 7) is 0.348. The second-order valence-corrected chi connectivity index (χ2v) is 10.4. The van der Waals surface area contributed by atoms with Gasteiger partial charge in [-0.15, -0.1) is 11.8 Å². The molecule has 11 heteroatoms. The van der Waals surface area contributed by atoms with Crippen LogP contribution in [-0.4, -0.2) is 43.6 Å². The molecule has 0 bridgehead atoms. The first kappa shape index (κ1) is 23.9. The molecule has 1 N–H and O–H groups in total. The van der Waals surface area contributed by atoms with Crippen LogP contribution in [0.5, 0.6) is 0 Å². The van der Waals surface area contributed by atoms with Gasteiger partial charge in [-0.25, -0.2) is 8.42 Å². The number of carbonyl (C=O) groups is 1. The van der Waals surface area contributed by atoms with Crippen LogP contribution in [0, 0.1) is 5.92 Å². The highest BCUT2D eigenvalue weighted by Gasteiger charge is 2.32. The van der Waals surface area contributed by atoms with Crippen LogP contribution < -0.4 is 5.32 Å². The summed E-state index contributed by atoms with van der Waals surface area (Å²) in [6.07, 6.45) is -3.68. The number of para-hydroxylation sites is 1. The largest absolute Gasteiger partial charge is 0.398 e. The van der Waals surface area contributed by atoms with Crippen molar-refractivity contribution < 1.29 is 26.4 Å². The van der Waals surface area contributed by atoms with E-state index in [0.717, 1.165) is 0 Å². The Balaban J connectivity index is 1.60. The smallest absolute Gasteiger partial charge is 0.325 e. The summed E-state index contributed by atoms with van der Waals surface area (Å²) < 4.78 is 64.4. The van der Waals surface area contributed by atoms with E-state index in [4.69, 9.17) is 11.6 Å². The molecule has 5 nitrogen and oxygen atoms in total. The van der Waals surface area contributed by atoms with Crippen LogP contribution in [0.25, 0.3) is 0 Å². The monoisotopic (exact) mass is 492 g/mol. The van der Waals surface area contributed by atoms with E-state index in [-0.39, 0.29) is 23.9 Å². The van der Waals surface area contributed by atoms with E-state index in [1.807, 2.05) is 0 Å².